The molecular weight excluding hydrogens is 352 g/mol. The molecule has 28 heavy (non-hydrogen) atoms. The molecule has 1 atom stereocenters. The molecule has 1 fully saturated rings. The van der Waals surface area contributed by atoms with Gasteiger partial charge in [-0.3, -0.25) is 9.59 Å². The van der Waals surface area contributed by atoms with Gasteiger partial charge in [0.2, 0.25) is 5.91 Å². The highest BCUT2D eigenvalue weighted by Gasteiger charge is 2.19. The van der Waals surface area contributed by atoms with Crippen molar-refractivity contribution in [2.45, 2.75) is 38.2 Å². The molecule has 2 aromatic carbocycles. The molecule has 0 bridgehead atoms. The minimum Gasteiger partial charge on any atom is -0.380 e. The number of Topliss-reactive ketones (excluding diaryl/α,β-unsaturated/α-hetero) is 1. The Hall–Kier alpha value is -2.66. The summed E-state index contributed by atoms with van der Waals surface area (Å²) in [6, 6.07) is 17.1. The van der Waals surface area contributed by atoms with E-state index in [2.05, 4.69) is 10.2 Å². The SMILES string of the molecule is COC1CCCN(c2ccc(NC(=O)CCCC(=O)c3ccccc3)cc2)C1. The molecule has 2 aromatic rings. The van der Waals surface area contributed by atoms with Crippen molar-refractivity contribution in [1.29, 1.82) is 0 Å². The number of benzene rings is 2. The monoisotopic (exact) mass is 380 g/mol. The second kappa shape index (κ2) is 10.0. The second-order valence-electron chi connectivity index (χ2n) is 7.18. The van der Waals surface area contributed by atoms with Crippen LogP contribution in [0.5, 0.6) is 0 Å². The Morgan fingerprint density at radius 3 is 2.54 bits per heavy atom. The predicted molar refractivity (Wildman–Crippen MR) is 112 cm³/mol. The van der Waals surface area contributed by atoms with Crippen molar-refractivity contribution < 1.29 is 14.3 Å². The molecule has 3 rings (SSSR count). The Labute approximate surface area is 166 Å². The molecule has 0 saturated carbocycles. The van der Waals surface area contributed by atoms with E-state index in [-0.39, 0.29) is 17.8 Å². The van der Waals surface area contributed by atoms with E-state index in [1.54, 1.807) is 19.2 Å². The molecule has 0 spiro atoms. The third kappa shape index (κ3) is 5.67. The van der Waals surface area contributed by atoms with Gasteiger partial charge < -0.3 is 15.0 Å². The lowest BCUT2D eigenvalue weighted by Crippen LogP contribution is -2.39. The minimum atomic E-state index is -0.0639. The van der Waals surface area contributed by atoms with Gasteiger partial charge in [0.1, 0.15) is 0 Å². The summed E-state index contributed by atoms with van der Waals surface area (Å²) < 4.78 is 5.48. The fourth-order valence-corrected chi connectivity index (χ4v) is 3.52. The molecule has 0 radical (unpaired) electrons. The van der Waals surface area contributed by atoms with E-state index in [0.717, 1.165) is 37.3 Å². The second-order valence-corrected chi connectivity index (χ2v) is 7.18. The largest absolute Gasteiger partial charge is 0.380 e. The average molecular weight is 380 g/mol. The van der Waals surface area contributed by atoms with Crippen molar-refractivity contribution in [2.24, 2.45) is 0 Å². The summed E-state index contributed by atoms with van der Waals surface area (Å²) in [6.07, 6.45) is 3.77. The fourth-order valence-electron chi connectivity index (χ4n) is 3.52. The maximum Gasteiger partial charge on any atom is 0.224 e. The lowest BCUT2D eigenvalue weighted by molar-refractivity contribution is -0.116. The number of rotatable bonds is 8. The van der Waals surface area contributed by atoms with Crippen LogP contribution in [-0.2, 0) is 9.53 Å². The molecule has 0 aliphatic carbocycles. The highest BCUT2D eigenvalue weighted by atomic mass is 16.5. The summed E-state index contributed by atoms with van der Waals surface area (Å²) in [6.45, 7) is 1.93. The van der Waals surface area contributed by atoms with Crippen LogP contribution in [0.2, 0.25) is 0 Å². The van der Waals surface area contributed by atoms with Crippen LogP contribution in [0.15, 0.2) is 54.6 Å². The summed E-state index contributed by atoms with van der Waals surface area (Å²) in [5, 5.41) is 2.91. The Morgan fingerprint density at radius 1 is 1.07 bits per heavy atom. The molecule has 5 heteroatoms. The maximum atomic E-state index is 12.1. The number of ether oxygens (including phenoxy) is 1. The normalized spacial score (nSPS) is 16.6. The predicted octanol–water partition coefficient (Wildman–Crippen LogP) is 4.29. The summed E-state index contributed by atoms with van der Waals surface area (Å²) >= 11 is 0. The highest BCUT2D eigenvalue weighted by Crippen LogP contribution is 2.23. The van der Waals surface area contributed by atoms with E-state index in [9.17, 15) is 9.59 Å². The number of anilines is 2. The third-order valence-corrected chi connectivity index (χ3v) is 5.13. The van der Waals surface area contributed by atoms with Gasteiger partial charge in [0.15, 0.2) is 5.78 Å². The number of amides is 1. The van der Waals surface area contributed by atoms with Crippen LogP contribution in [-0.4, -0.2) is 38.0 Å². The Morgan fingerprint density at radius 2 is 1.82 bits per heavy atom. The molecular formula is C23H28N2O3. The smallest absolute Gasteiger partial charge is 0.224 e. The first-order valence-corrected chi connectivity index (χ1v) is 9.91. The zero-order chi connectivity index (χ0) is 19.8. The van der Waals surface area contributed by atoms with Gasteiger partial charge in [0.25, 0.3) is 0 Å². The fraction of sp³-hybridized carbons (Fsp3) is 0.391. The van der Waals surface area contributed by atoms with Crippen LogP contribution < -0.4 is 10.2 Å². The molecule has 1 aliphatic rings. The number of carbonyl (C=O) groups excluding carboxylic acids is 2. The van der Waals surface area contributed by atoms with Gasteiger partial charge in [-0.2, -0.15) is 0 Å². The Bertz CT molecular complexity index is 774. The van der Waals surface area contributed by atoms with Crippen LogP contribution in [0.25, 0.3) is 0 Å². The first-order chi connectivity index (χ1) is 13.7. The molecule has 148 valence electrons. The molecule has 5 nitrogen and oxygen atoms in total. The zero-order valence-corrected chi connectivity index (χ0v) is 16.4. The summed E-state index contributed by atoms with van der Waals surface area (Å²) in [5.74, 6) is 0.0136. The van der Waals surface area contributed by atoms with E-state index in [0.29, 0.717) is 24.8 Å². The van der Waals surface area contributed by atoms with Crippen LogP contribution >= 0.6 is 0 Å². The van der Waals surface area contributed by atoms with Crippen LogP contribution in [0, 0.1) is 0 Å². The molecule has 1 saturated heterocycles. The van der Waals surface area contributed by atoms with E-state index in [4.69, 9.17) is 4.74 Å². The van der Waals surface area contributed by atoms with Crippen molar-refractivity contribution in [3.05, 3.63) is 60.2 Å². The summed E-state index contributed by atoms with van der Waals surface area (Å²) in [5.41, 5.74) is 2.63. The van der Waals surface area contributed by atoms with Crippen molar-refractivity contribution in [1.82, 2.24) is 0 Å². The van der Waals surface area contributed by atoms with Gasteiger partial charge in [-0.25, -0.2) is 0 Å². The van der Waals surface area contributed by atoms with Gasteiger partial charge in [-0.1, -0.05) is 30.3 Å². The van der Waals surface area contributed by atoms with Crippen LogP contribution in [0.1, 0.15) is 42.5 Å². The van der Waals surface area contributed by atoms with Crippen molar-refractivity contribution in [3.8, 4) is 0 Å². The number of methoxy groups -OCH3 is 1. The van der Waals surface area contributed by atoms with Crippen molar-refractivity contribution >= 4 is 23.1 Å². The maximum absolute atomic E-state index is 12.1. The number of hydrogen-bond acceptors (Lipinski definition) is 4. The molecule has 1 unspecified atom stereocenters. The number of hydrogen-bond donors (Lipinski definition) is 1. The van der Waals surface area contributed by atoms with Gasteiger partial charge in [0, 0.05) is 50.0 Å². The molecule has 1 aliphatic heterocycles. The molecule has 1 N–H and O–H groups in total. The first-order valence-electron chi connectivity index (χ1n) is 9.91. The highest BCUT2D eigenvalue weighted by molar-refractivity contribution is 5.96. The van der Waals surface area contributed by atoms with E-state index >= 15 is 0 Å². The number of nitrogens with zero attached hydrogens (tertiary/aromatic N) is 1. The van der Waals surface area contributed by atoms with Gasteiger partial charge in [-0.05, 0) is 43.5 Å². The molecule has 0 aromatic heterocycles. The Kier molecular flexibility index (Phi) is 7.20. The number of carbonyl (C=O) groups is 2. The van der Waals surface area contributed by atoms with Crippen molar-refractivity contribution in [2.75, 3.05) is 30.4 Å². The minimum absolute atomic E-state index is 0.0639. The third-order valence-electron chi connectivity index (χ3n) is 5.13. The zero-order valence-electron chi connectivity index (χ0n) is 16.4. The number of nitrogens with one attached hydrogen (secondary N) is 1. The molecule has 1 amide bonds. The van der Waals surface area contributed by atoms with E-state index in [1.807, 2.05) is 42.5 Å². The van der Waals surface area contributed by atoms with Crippen molar-refractivity contribution in [3.63, 3.8) is 0 Å². The molecule has 1 heterocycles. The standard InChI is InChI=1S/C23H28N2O3/c1-28-21-9-6-16-25(17-21)20-14-12-19(13-15-20)24-23(27)11-5-10-22(26)18-7-3-2-4-8-18/h2-4,7-8,12-15,21H,5-6,9-11,16-17H2,1H3,(H,24,27). The number of piperidine rings is 1. The number of ketones is 1. The topological polar surface area (TPSA) is 58.6 Å². The van der Waals surface area contributed by atoms with Crippen LogP contribution in [0.3, 0.4) is 0 Å². The van der Waals surface area contributed by atoms with E-state index < -0.39 is 0 Å². The first kappa shape index (κ1) is 20.1. The van der Waals surface area contributed by atoms with Gasteiger partial charge in [0.05, 0.1) is 6.10 Å². The quantitative estimate of drug-likeness (QED) is 0.694. The average Bonchev–Trinajstić information content (AvgIpc) is 2.75. The Balaban J connectivity index is 1.43. The summed E-state index contributed by atoms with van der Waals surface area (Å²) in [7, 11) is 1.76. The lowest BCUT2D eigenvalue weighted by Gasteiger charge is -2.33. The summed E-state index contributed by atoms with van der Waals surface area (Å²) in [4.78, 5) is 26.5. The van der Waals surface area contributed by atoms with Crippen LogP contribution in [0.4, 0.5) is 11.4 Å². The van der Waals surface area contributed by atoms with Gasteiger partial charge in [-0.15, -0.1) is 0 Å². The lowest BCUT2D eigenvalue weighted by atomic mass is 10.1. The van der Waals surface area contributed by atoms with E-state index in [1.165, 1.54) is 0 Å². The van der Waals surface area contributed by atoms with Gasteiger partial charge >= 0.3 is 0 Å².